The smallest absolute Gasteiger partial charge is 0.220 e. The molecule has 0 saturated heterocycles. The number of aryl methyl sites for hydroxylation is 1. The van der Waals surface area contributed by atoms with E-state index in [1.807, 2.05) is 12.1 Å². The highest BCUT2D eigenvalue weighted by atomic mass is 35.5. The first-order chi connectivity index (χ1) is 9.19. The zero-order chi connectivity index (χ0) is 14.1. The van der Waals surface area contributed by atoms with Gasteiger partial charge in [-0.2, -0.15) is 0 Å². The van der Waals surface area contributed by atoms with Crippen molar-refractivity contribution in [1.29, 1.82) is 0 Å². The van der Waals surface area contributed by atoms with E-state index in [0.717, 1.165) is 19.5 Å². The minimum absolute atomic E-state index is 0. The van der Waals surface area contributed by atoms with E-state index in [-0.39, 0.29) is 30.7 Å². The van der Waals surface area contributed by atoms with Crippen molar-refractivity contribution in [3.63, 3.8) is 0 Å². The van der Waals surface area contributed by atoms with E-state index in [1.165, 1.54) is 11.3 Å². The first-order valence-corrected chi connectivity index (χ1v) is 6.96. The third kappa shape index (κ3) is 8.15. The molecule has 1 aromatic rings. The number of nitrogens with two attached hydrogens (primary N) is 1. The first kappa shape index (κ1) is 22.3. The second kappa shape index (κ2) is 12.7. The number of rotatable bonds is 8. The molecule has 21 heavy (non-hydrogen) atoms. The van der Waals surface area contributed by atoms with Crippen molar-refractivity contribution < 1.29 is 4.79 Å². The van der Waals surface area contributed by atoms with Crippen LogP contribution in [0.5, 0.6) is 0 Å². The second-order valence-electron chi connectivity index (χ2n) is 4.61. The van der Waals surface area contributed by atoms with E-state index in [1.54, 1.807) is 0 Å². The quantitative estimate of drug-likeness (QED) is 0.767. The Bertz CT molecular complexity index is 402. The van der Waals surface area contributed by atoms with Crippen molar-refractivity contribution >= 4 is 36.4 Å². The fourth-order valence-corrected chi connectivity index (χ4v) is 2.05. The Hall–Kier alpha value is -0.970. The van der Waals surface area contributed by atoms with Crippen LogP contribution in [0.3, 0.4) is 0 Å². The van der Waals surface area contributed by atoms with E-state index in [0.29, 0.717) is 19.5 Å². The summed E-state index contributed by atoms with van der Waals surface area (Å²) < 4.78 is 0. The molecule has 0 bridgehead atoms. The summed E-state index contributed by atoms with van der Waals surface area (Å²) in [6.07, 6.45) is 1.27. The molecule has 0 radical (unpaired) electrons. The van der Waals surface area contributed by atoms with Gasteiger partial charge in [-0.05, 0) is 38.4 Å². The molecule has 0 aliphatic carbocycles. The number of nitrogens with zero attached hydrogens (tertiary/aromatic N) is 1. The minimum Gasteiger partial charge on any atom is -0.370 e. The van der Waals surface area contributed by atoms with Crippen LogP contribution >= 0.6 is 24.8 Å². The van der Waals surface area contributed by atoms with Gasteiger partial charge in [-0.3, -0.25) is 4.79 Å². The largest absolute Gasteiger partial charge is 0.370 e. The average Bonchev–Trinajstić information content (AvgIpc) is 2.42. The maximum absolute atomic E-state index is 11.5. The van der Waals surface area contributed by atoms with Gasteiger partial charge in [0.15, 0.2) is 0 Å². The molecule has 1 aromatic carbocycles. The molecule has 1 rings (SSSR count). The summed E-state index contributed by atoms with van der Waals surface area (Å²) in [7, 11) is 0. The summed E-state index contributed by atoms with van der Waals surface area (Å²) >= 11 is 0. The molecule has 0 saturated carbocycles. The van der Waals surface area contributed by atoms with Crippen molar-refractivity contribution in [3.8, 4) is 0 Å². The standard InChI is InChI=1S/C15H25N3O.2ClH/c1-3-18(14-8-5-4-7-13(14)2)12-11-17-15(19)9-6-10-16;;/h4-5,7-8H,3,6,9-12,16H2,1-2H3,(H,17,19);2*1H. The second-order valence-corrected chi connectivity index (χ2v) is 4.61. The van der Waals surface area contributed by atoms with E-state index >= 15 is 0 Å². The number of nitrogens with one attached hydrogen (secondary N) is 1. The fourth-order valence-electron chi connectivity index (χ4n) is 2.05. The molecule has 122 valence electrons. The Kier molecular flexibility index (Phi) is 13.5. The van der Waals surface area contributed by atoms with Crippen molar-refractivity contribution in [2.75, 3.05) is 31.1 Å². The monoisotopic (exact) mass is 335 g/mol. The highest BCUT2D eigenvalue weighted by molar-refractivity contribution is 5.85. The van der Waals surface area contributed by atoms with Gasteiger partial charge in [0.2, 0.25) is 5.91 Å². The topological polar surface area (TPSA) is 58.4 Å². The summed E-state index contributed by atoms with van der Waals surface area (Å²) in [5.74, 6) is 0.0892. The lowest BCUT2D eigenvalue weighted by Gasteiger charge is -2.25. The van der Waals surface area contributed by atoms with Gasteiger partial charge >= 0.3 is 0 Å². The molecule has 1 amide bonds. The summed E-state index contributed by atoms with van der Waals surface area (Å²) in [6.45, 7) is 7.24. The molecule has 0 heterocycles. The highest BCUT2D eigenvalue weighted by Crippen LogP contribution is 2.18. The molecule has 0 aliphatic rings. The van der Waals surface area contributed by atoms with Gasteiger partial charge < -0.3 is 16.0 Å². The number of likely N-dealkylation sites (N-methyl/N-ethyl adjacent to an activating group) is 1. The van der Waals surface area contributed by atoms with Crippen molar-refractivity contribution in [2.24, 2.45) is 5.73 Å². The molecule has 0 unspecified atom stereocenters. The maximum Gasteiger partial charge on any atom is 0.220 e. The predicted octanol–water partition coefficient (Wildman–Crippen LogP) is 2.52. The van der Waals surface area contributed by atoms with Gasteiger partial charge in [0, 0.05) is 31.7 Å². The molecule has 0 aromatic heterocycles. The average molecular weight is 336 g/mol. The molecule has 0 atom stereocenters. The van der Waals surface area contributed by atoms with E-state index in [2.05, 4.69) is 36.2 Å². The van der Waals surface area contributed by atoms with E-state index < -0.39 is 0 Å². The number of amides is 1. The number of anilines is 1. The molecule has 0 fully saturated rings. The van der Waals surface area contributed by atoms with Gasteiger partial charge in [0.25, 0.3) is 0 Å². The lowest BCUT2D eigenvalue weighted by molar-refractivity contribution is -0.121. The Morgan fingerprint density at radius 1 is 1.29 bits per heavy atom. The Morgan fingerprint density at radius 2 is 1.95 bits per heavy atom. The van der Waals surface area contributed by atoms with Crippen LogP contribution in [0.25, 0.3) is 0 Å². The molecule has 6 heteroatoms. The Labute approximate surface area is 140 Å². The predicted molar refractivity (Wildman–Crippen MR) is 94.9 cm³/mol. The first-order valence-electron chi connectivity index (χ1n) is 6.96. The van der Waals surface area contributed by atoms with Crippen molar-refractivity contribution in [1.82, 2.24) is 5.32 Å². The molecule has 0 aliphatic heterocycles. The van der Waals surface area contributed by atoms with Gasteiger partial charge in [-0.15, -0.1) is 24.8 Å². The number of hydrogen-bond acceptors (Lipinski definition) is 3. The van der Waals surface area contributed by atoms with E-state index in [4.69, 9.17) is 5.73 Å². The van der Waals surface area contributed by atoms with Gasteiger partial charge in [0.1, 0.15) is 0 Å². The normalized spacial score (nSPS) is 9.29. The van der Waals surface area contributed by atoms with Crippen LogP contribution in [0.1, 0.15) is 25.3 Å². The van der Waals surface area contributed by atoms with Crippen LogP contribution < -0.4 is 16.0 Å². The van der Waals surface area contributed by atoms with Crippen molar-refractivity contribution in [2.45, 2.75) is 26.7 Å². The lowest BCUT2D eigenvalue weighted by Crippen LogP contribution is -2.35. The van der Waals surface area contributed by atoms with Crippen LogP contribution in [0, 0.1) is 6.92 Å². The van der Waals surface area contributed by atoms with Gasteiger partial charge in [-0.1, -0.05) is 18.2 Å². The number of hydrogen-bond donors (Lipinski definition) is 2. The molecule has 0 spiro atoms. The summed E-state index contributed by atoms with van der Waals surface area (Å²) in [4.78, 5) is 13.8. The van der Waals surface area contributed by atoms with Crippen LogP contribution in [-0.4, -0.2) is 32.1 Å². The van der Waals surface area contributed by atoms with Crippen molar-refractivity contribution in [3.05, 3.63) is 29.8 Å². The Morgan fingerprint density at radius 3 is 2.52 bits per heavy atom. The summed E-state index contributed by atoms with van der Waals surface area (Å²) in [6, 6.07) is 8.32. The van der Waals surface area contributed by atoms with Crippen LogP contribution in [0.4, 0.5) is 5.69 Å². The van der Waals surface area contributed by atoms with Gasteiger partial charge in [0.05, 0.1) is 0 Å². The van der Waals surface area contributed by atoms with E-state index in [9.17, 15) is 4.79 Å². The number of para-hydroxylation sites is 1. The number of carbonyl (C=O) groups excluding carboxylic acids is 1. The number of carbonyl (C=O) groups is 1. The summed E-state index contributed by atoms with van der Waals surface area (Å²) in [5, 5.41) is 2.94. The maximum atomic E-state index is 11.5. The number of benzene rings is 1. The molecule has 3 N–H and O–H groups in total. The molecule has 4 nitrogen and oxygen atoms in total. The minimum atomic E-state index is 0. The zero-order valence-electron chi connectivity index (χ0n) is 12.8. The third-order valence-electron chi connectivity index (χ3n) is 3.15. The molecular formula is C15H27Cl2N3O. The number of halogens is 2. The fraction of sp³-hybridized carbons (Fsp3) is 0.533. The molecular weight excluding hydrogens is 309 g/mol. The SMILES string of the molecule is CCN(CCNC(=O)CCCN)c1ccccc1C.Cl.Cl. The lowest BCUT2D eigenvalue weighted by atomic mass is 10.2. The van der Waals surface area contributed by atoms with Crippen LogP contribution in [0.15, 0.2) is 24.3 Å². The van der Waals surface area contributed by atoms with Crippen LogP contribution in [0.2, 0.25) is 0 Å². The summed E-state index contributed by atoms with van der Waals surface area (Å²) in [5.41, 5.74) is 7.88. The third-order valence-corrected chi connectivity index (χ3v) is 3.15. The Balaban J connectivity index is 0. The zero-order valence-corrected chi connectivity index (χ0v) is 14.4. The highest BCUT2D eigenvalue weighted by Gasteiger charge is 2.07. The van der Waals surface area contributed by atoms with Gasteiger partial charge in [-0.25, -0.2) is 0 Å². The van der Waals surface area contributed by atoms with Crippen LogP contribution in [-0.2, 0) is 4.79 Å².